The lowest BCUT2D eigenvalue weighted by Crippen LogP contribution is -2.51. The molecule has 3 aromatic rings. The van der Waals surface area contributed by atoms with Gasteiger partial charge in [-0.25, -0.2) is 0 Å². The molecule has 1 saturated heterocycles. The third-order valence-electron chi connectivity index (χ3n) is 4.26. The molecule has 9 heteroatoms. The zero-order valence-corrected chi connectivity index (χ0v) is 14.8. The Morgan fingerprint density at radius 2 is 1.85 bits per heavy atom. The van der Waals surface area contributed by atoms with Crippen LogP contribution in [-0.4, -0.2) is 68.1 Å². The summed E-state index contributed by atoms with van der Waals surface area (Å²) in [5, 5.41) is 8.89. The molecule has 0 spiro atoms. The molecule has 0 bridgehead atoms. The average molecular weight is 371 g/mol. The summed E-state index contributed by atoms with van der Waals surface area (Å²) in [6, 6.07) is 9.01. The molecule has 0 radical (unpaired) electrons. The van der Waals surface area contributed by atoms with E-state index >= 15 is 0 Å². The summed E-state index contributed by atoms with van der Waals surface area (Å²) in [5.74, 6) is 0.528. The van der Waals surface area contributed by atoms with Crippen LogP contribution in [0.15, 0.2) is 52.4 Å². The van der Waals surface area contributed by atoms with Gasteiger partial charge in [-0.05, 0) is 24.3 Å². The second-order valence-corrected chi connectivity index (χ2v) is 6.79. The number of carbonyl (C=O) groups is 2. The highest BCUT2D eigenvalue weighted by molar-refractivity contribution is 7.99. The van der Waals surface area contributed by atoms with E-state index in [2.05, 4.69) is 10.2 Å². The van der Waals surface area contributed by atoms with E-state index in [0.29, 0.717) is 42.8 Å². The molecule has 2 amide bonds. The Morgan fingerprint density at radius 1 is 1.04 bits per heavy atom. The predicted octanol–water partition coefficient (Wildman–Crippen LogP) is 1.40. The zero-order chi connectivity index (χ0) is 17.9. The number of nitrogens with zero attached hydrogens (tertiary/aromatic N) is 5. The molecular formula is C17H17N5O3S. The van der Waals surface area contributed by atoms with Crippen molar-refractivity contribution < 1.29 is 14.0 Å². The van der Waals surface area contributed by atoms with Gasteiger partial charge in [-0.1, -0.05) is 17.8 Å². The summed E-state index contributed by atoms with van der Waals surface area (Å²) in [7, 11) is 0. The van der Waals surface area contributed by atoms with Gasteiger partial charge in [-0.3, -0.25) is 14.0 Å². The maximum atomic E-state index is 12.5. The van der Waals surface area contributed by atoms with E-state index in [4.69, 9.17) is 4.42 Å². The summed E-state index contributed by atoms with van der Waals surface area (Å²) in [6.45, 7) is 2.05. The highest BCUT2D eigenvalue weighted by Crippen LogP contribution is 2.18. The lowest BCUT2D eigenvalue weighted by molar-refractivity contribution is -0.129. The lowest BCUT2D eigenvalue weighted by atomic mass is 10.3. The molecule has 134 valence electrons. The number of thioether (sulfide) groups is 1. The zero-order valence-electron chi connectivity index (χ0n) is 13.9. The van der Waals surface area contributed by atoms with E-state index in [1.54, 1.807) is 21.9 Å². The van der Waals surface area contributed by atoms with Gasteiger partial charge in [-0.15, -0.1) is 10.2 Å². The summed E-state index contributed by atoms with van der Waals surface area (Å²) in [4.78, 5) is 28.2. The molecular weight excluding hydrogens is 354 g/mol. The van der Waals surface area contributed by atoms with Crippen LogP contribution >= 0.6 is 11.8 Å². The van der Waals surface area contributed by atoms with Crippen LogP contribution in [0.2, 0.25) is 0 Å². The van der Waals surface area contributed by atoms with E-state index in [1.165, 1.54) is 18.0 Å². The van der Waals surface area contributed by atoms with Gasteiger partial charge in [0.15, 0.2) is 16.6 Å². The van der Waals surface area contributed by atoms with Crippen molar-refractivity contribution in [1.29, 1.82) is 0 Å². The van der Waals surface area contributed by atoms with Crippen molar-refractivity contribution >= 4 is 29.2 Å². The molecule has 1 fully saturated rings. The largest absolute Gasteiger partial charge is 0.459 e. The van der Waals surface area contributed by atoms with Gasteiger partial charge in [0.2, 0.25) is 5.91 Å². The Bertz CT molecular complexity index is 916. The quantitative estimate of drug-likeness (QED) is 0.645. The molecule has 0 unspecified atom stereocenters. The minimum Gasteiger partial charge on any atom is -0.459 e. The number of hydrogen-bond donors (Lipinski definition) is 0. The van der Waals surface area contributed by atoms with Gasteiger partial charge >= 0.3 is 0 Å². The van der Waals surface area contributed by atoms with Crippen LogP contribution in [0.4, 0.5) is 0 Å². The molecule has 4 heterocycles. The highest BCUT2D eigenvalue weighted by atomic mass is 32.2. The second kappa shape index (κ2) is 7.20. The number of hydrogen-bond acceptors (Lipinski definition) is 6. The summed E-state index contributed by atoms with van der Waals surface area (Å²) >= 11 is 1.37. The molecule has 1 aliphatic rings. The van der Waals surface area contributed by atoms with Crippen LogP contribution in [0, 0.1) is 0 Å². The second-order valence-electron chi connectivity index (χ2n) is 5.85. The number of furan rings is 1. The third-order valence-corrected chi connectivity index (χ3v) is 5.19. The maximum absolute atomic E-state index is 12.5. The van der Waals surface area contributed by atoms with E-state index in [-0.39, 0.29) is 11.8 Å². The highest BCUT2D eigenvalue weighted by Gasteiger charge is 2.26. The van der Waals surface area contributed by atoms with Crippen LogP contribution in [0.5, 0.6) is 0 Å². The number of rotatable bonds is 4. The van der Waals surface area contributed by atoms with Crippen LogP contribution in [0.1, 0.15) is 10.6 Å². The smallest absolute Gasteiger partial charge is 0.289 e. The topological polar surface area (TPSA) is 84.0 Å². The standard InChI is InChI=1S/C17H17N5O3S/c23-15(12-26-17-19-18-14-5-1-2-6-22(14)17)20-7-9-21(10-8-20)16(24)13-4-3-11-25-13/h1-6,11H,7-10,12H2. The van der Waals surface area contributed by atoms with E-state index in [0.717, 1.165) is 5.65 Å². The number of amides is 2. The Morgan fingerprint density at radius 3 is 2.62 bits per heavy atom. The lowest BCUT2D eigenvalue weighted by Gasteiger charge is -2.34. The summed E-state index contributed by atoms with van der Waals surface area (Å²) in [5.41, 5.74) is 0.757. The molecule has 8 nitrogen and oxygen atoms in total. The predicted molar refractivity (Wildman–Crippen MR) is 94.9 cm³/mol. The van der Waals surface area contributed by atoms with Crippen LogP contribution in [-0.2, 0) is 4.79 Å². The SMILES string of the molecule is O=C(CSc1nnc2ccccn12)N1CCN(C(=O)c2ccco2)CC1. The minimum atomic E-state index is -0.133. The van der Waals surface area contributed by atoms with Crippen LogP contribution in [0.25, 0.3) is 5.65 Å². The molecule has 0 saturated carbocycles. The van der Waals surface area contributed by atoms with Gasteiger partial charge in [0.25, 0.3) is 5.91 Å². The fraction of sp³-hybridized carbons (Fsp3) is 0.294. The molecule has 26 heavy (non-hydrogen) atoms. The minimum absolute atomic E-state index is 0.0350. The number of aromatic nitrogens is 3. The summed E-state index contributed by atoms with van der Waals surface area (Å²) < 4.78 is 7.01. The van der Waals surface area contributed by atoms with Crippen LogP contribution in [0.3, 0.4) is 0 Å². The monoisotopic (exact) mass is 371 g/mol. The van der Waals surface area contributed by atoms with E-state index in [1.807, 2.05) is 28.8 Å². The van der Waals surface area contributed by atoms with Crippen molar-refractivity contribution in [2.24, 2.45) is 0 Å². The van der Waals surface area contributed by atoms with Gasteiger partial charge < -0.3 is 14.2 Å². The van der Waals surface area contributed by atoms with Crippen molar-refractivity contribution in [2.45, 2.75) is 5.16 Å². The first-order chi connectivity index (χ1) is 12.7. The van der Waals surface area contributed by atoms with Gasteiger partial charge in [0.05, 0.1) is 12.0 Å². The normalized spacial score (nSPS) is 14.8. The molecule has 3 aromatic heterocycles. The summed E-state index contributed by atoms with van der Waals surface area (Å²) in [6.07, 6.45) is 3.36. The number of pyridine rings is 1. The molecule has 0 atom stereocenters. The maximum Gasteiger partial charge on any atom is 0.289 e. The number of piperazine rings is 1. The first kappa shape index (κ1) is 16.6. The van der Waals surface area contributed by atoms with E-state index < -0.39 is 0 Å². The fourth-order valence-corrected chi connectivity index (χ4v) is 3.68. The first-order valence-corrected chi connectivity index (χ1v) is 9.24. The molecule has 4 rings (SSSR count). The fourth-order valence-electron chi connectivity index (χ4n) is 2.85. The Kier molecular flexibility index (Phi) is 4.61. The Labute approximate surface area is 153 Å². The van der Waals surface area contributed by atoms with Gasteiger partial charge in [0.1, 0.15) is 0 Å². The molecule has 0 aliphatic carbocycles. The molecule has 0 N–H and O–H groups in total. The molecule has 0 aromatic carbocycles. The van der Waals surface area contributed by atoms with Crippen LogP contribution < -0.4 is 0 Å². The Hall–Kier alpha value is -2.81. The van der Waals surface area contributed by atoms with Crippen molar-refractivity contribution in [1.82, 2.24) is 24.4 Å². The van der Waals surface area contributed by atoms with Gasteiger partial charge in [0, 0.05) is 32.4 Å². The van der Waals surface area contributed by atoms with Crippen molar-refractivity contribution in [3.63, 3.8) is 0 Å². The van der Waals surface area contributed by atoms with Crippen molar-refractivity contribution in [2.75, 3.05) is 31.9 Å². The average Bonchev–Trinajstić information content (AvgIpc) is 3.36. The Balaban J connectivity index is 1.30. The van der Waals surface area contributed by atoms with Crippen molar-refractivity contribution in [3.8, 4) is 0 Å². The van der Waals surface area contributed by atoms with E-state index in [9.17, 15) is 9.59 Å². The number of carbonyl (C=O) groups excluding carboxylic acids is 2. The van der Waals surface area contributed by atoms with Crippen molar-refractivity contribution in [3.05, 3.63) is 48.6 Å². The van der Waals surface area contributed by atoms with Gasteiger partial charge in [-0.2, -0.15) is 0 Å². The molecule has 1 aliphatic heterocycles. The first-order valence-electron chi connectivity index (χ1n) is 8.25. The third kappa shape index (κ3) is 3.30. The number of fused-ring (bicyclic) bond motifs is 1.